The SMILES string of the molecule is COc1cc(/C=C2/SC(=O)N(Cc3ccc(F)cc3)C2=O)ccc1OCC(=O)Nc1ccc(C)c(C)c1. The molecule has 1 saturated heterocycles. The van der Waals surface area contributed by atoms with E-state index in [4.69, 9.17) is 9.47 Å². The smallest absolute Gasteiger partial charge is 0.293 e. The number of hydrogen-bond acceptors (Lipinski definition) is 6. The molecule has 1 aliphatic rings. The van der Waals surface area contributed by atoms with Crippen LogP contribution in [0.3, 0.4) is 0 Å². The lowest BCUT2D eigenvalue weighted by Gasteiger charge is -2.13. The third-order valence-electron chi connectivity index (χ3n) is 5.76. The number of methoxy groups -OCH3 is 1. The second-order valence-electron chi connectivity index (χ2n) is 8.44. The number of halogens is 1. The summed E-state index contributed by atoms with van der Waals surface area (Å²) in [6, 6.07) is 16.3. The highest BCUT2D eigenvalue weighted by Gasteiger charge is 2.35. The zero-order valence-corrected chi connectivity index (χ0v) is 21.4. The van der Waals surface area contributed by atoms with Crippen LogP contribution in [0.4, 0.5) is 14.9 Å². The predicted molar refractivity (Wildman–Crippen MR) is 141 cm³/mol. The first-order chi connectivity index (χ1) is 17.7. The number of benzene rings is 3. The largest absolute Gasteiger partial charge is 0.493 e. The van der Waals surface area contributed by atoms with Gasteiger partial charge in [0.2, 0.25) is 0 Å². The Morgan fingerprint density at radius 3 is 2.46 bits per heavy atom. The molecule has 3 amide bonds. The number of nitrogens with zero attached hydrogens (tertiary/aromatic N) is 1. The van der Waals surface area contributed by atoms with Crippen LogP contribution in [0.25, 0.3) is 6.08 Å². The minimum Gasteiger partial charge on any atom is -0.493 e. The molecule has 0 saturated carbocycles. The number of carbonyl (C=O) groups excluding carboxylic acids is 3. The fraction of sp³-hybridized carbons (Fsp3) is 0.179. The molecule has 0 aromatic heterocycles. The van der Waals surface area contributed by atoms with E-state index in [-0.39, 0.29) is 29.8 Å². The van der Waals surface area contributed by atoms with E-state index in [9.17, 15) is 18.8 Å². The van der Waals surface area contributed by atoms with Gasteiger partial charge >= 0.3 is 0 Å². The van der Waals surface area contributed by atoms with Gasteiger partial charge in [0.1, 0.15) is 5.82 Å². The Hall–Kier alpha value is -4.11. The maximum atomic E-state index is 13.2. The van der Waals surface area contributed by atoms with Crippen molar-refractivity contribution in [2.75, 3.05) is 19.0 Å². The van der Waals surface area contributed by atoms with Crippen molar-refractivity contribution in [3.63, 3.8) is 0 Å². The number of nitrogens with one attached hydrogen (secondary N) is 1. The van der Waals surface area contributed by atoms with Crippen LogP contribution in [-0.2, 0) is 16.1 Å². The minimum absolute atomic E-state index is 0.0581. The molecule has 1 aliphatic heterocycles. The van der Waals surface area contributed by atoms with E-state index >= 15 is 0 Å². The summed E-state index contributed by atoms with van der Waals surface area (Å²) in [6.45, 7) is 3.81. The fourth-order valence-electron chi connectivity index (χ4n) is 3.61. The summed E-state index contributed by atoms with van der Waals surface area (Å²) >= 11 is 0.833. The molecule has 3 aromatic rings. The molecule has 0 spiro atoms. The minimum atomic E-state index is -0.429. The van der Waals surface area contributed by atoms with Crippen LogP contribution in [0.5, 0.6) is 11.5 Å². The highest BCUT2D eigenvalue weighted by Crippen LogP contribution is 2.35. The highest BCUT2D eigenvalue weighted by molar-refractivity contribution is 8.18. The van der Waals surface area contributed by atoms with Crippen molar-refractivity contribution in [3.05, 3.63) is 93.6 Å². The number of ether oxygens (including phenoxy) is 2. The number of thioether (sulfide) groups is 1. The monoisotopic (exact) mass is 520 g/mol. The number of imide groups is 1. The Bertz CT molecular complexity index is 1390. The molecule has 1 N–H and O–H groups in total. The van der Waals surface area contributed by atoms with Gasteiger partial charge in [0.15, 0.2) is 18.1 Å². The average Bonchev–Trinajstić information content (AvgIpc) is 3.13. The van der Waals surface area contributed by atoms with E-state index in [2.05, 4.69) is 5.32 Å². The van der Waals surface area contributed by atoms with Gasteiger partial charge in [-0.1, -0.05) is 24.3 Å². The van der Waals surface area contributed by atoms with E-state index < -0.39 is 11.1 Å². The maximum absolute atomic E-state index is 13.2. The summed E-state index contributed by atoms with van der Waals surface area (Å²) in [6.07, 6.45) is 1.59. The van der Waals surface area contributed by atoms with Gasteiger partial charge in [-0.25, -0.2) is 4.39 Å². The molecule has 3 aromatic carbocycles. The first-order valence-corrected chi connectivity index (χ1v) is 12.2. The van der Waals surface area contributed by atoms with Gasteiger partial charge in [0.05, 0.1) is 18.6 Å². The molecule has 1 heterocycles. The van der Waals surface area contributed by atoms with Crippen LogP contribution < -0.4 is 14.8 Å². The summed E-state index contributed by atoms with van der Waals surface area (Å²) in [4.78, 5) is 39.0. The highest BCUT2D eigenvalue weighted by atomic mass is 32.2. The van der Waals surface area contributed by atoms with Crippen molar-refractivity contribution < 1.29 is 28.2 Å². The van der Waals surface area contributed by atoms with Crippen LogP contribution >= 0.6 is 11.8 Å². The normalized spacial score (nSPS) is 14.3. The van der Waals surface area contributed by atoms with E-state index in [1.165, 1.54) is 31.4 Å². The Balaban J connectivity index is 1.41. The number of hydrogen-bond donors (Lipinski definition) is 1. The van der Waals surface area contributed by atoms with Gasteiger partial charge in [-0.2, -0.15) is 0 Å². The van der Waals surface area contributed by atoms with Crippen molar-refractivity contribution in [3.8, 4) is 11.5 Å². The van der Waals surface area contributed by atoms with Gasteiger partial charge < -0.3 is 14.8 Å². The summed E-state index contributed by atoms with van der Waals surface area (Å²) in [5, 5.41) is 2.40. The molecule has 7 nitrogen and oxygen atoms in total. The van der Waals surface area contributed by atoms with Gasteiger partial charge in [-0.15, -0.1) is 0 Å². The van der Waals surface area contributed by atoms with Crippen molar-refractivity contribution in [2.45, 2.75) is 20.4 Å². The quantitative estimate of drug-likeness (QED) is 0.383. The zero-order valence-electron chi connectivity index (χ0n) is 20.5. The number of amides is 3. The van der Waals surface area contributed by atoms with Crippen molar-refractivity contribution >= 4 is 40.6 Å². The average molecular weight is 521 g/mol. The van der Waals surface area contributed by atoms with Gasteiger partial charge in [0, 0.05) is 5.69 Å². The molecule has 37 heavy (non-hydrogen) atoms. The first-order valence-electron chi connectivity index (χ1n) is 11.4. The topological polar surface area (TPSA) is 84.9 Å². The molecule has 0 radical (unpaired) electrons. The summed E-state index contributed by atoms with van der Waals surface area (Å²) < 4.78 is 24.2. The van der Waals surface area contributed by atoms with Crippen LogP contribution in [0, 0.1) is 19.7 Å². The predicted octanol–water partition coefficient (Wildman–Crippen LogP) is 5.71. The lowest BCUT2D eigenvalue weighted by molar-refractivity contribution is -0.123. The number of aryl methyl sites for hydroxylation is 2. The molecule has 0 bridgehead atoms. The second kappa shape index (κ2) is 11.3. The van der Waals surface area contributed by atoms with Crippen molar-refractivity contribution in [1.29, 1.82) is 0 Å². The summed E-state index contributed by atoms with van der Waals surface area (Å²) in [5.74, 6) is -0.399. The van der Waals surface area contributed by atoms with Crippen LogP contribution in [0.2, 0.25) is 0 Å². The number of anilines is 1. The summed E-state index contributed by atoms with van der Waals surface area (Å²) in [7, 11) is 1.47. The maximum Gasteiger partial charge on any atom is 0.293 e. The molecule has 0 unspecified atom stereocenters. The van der Waals surface area contributed by atoms with Gasteiger partial charge in [-0.3, -0.25) is 19.3 Å². The van der Waals surface area contributed by atoms with Crippen molar-refractivity contribution in [2.24, 2.45) is 0 Å². The van der Waals surface area contributed by atoms with Crippen LogP contribution in [-0.4, -0.2) is 35.7 Å². The molecular formula is C28H25FN2O5S. The standard InChI is InChI=1S/C28H25FN2O5S/c1-17-4-10-22(12-18(17)2)30-26(32)16-36-23-11-7-20(13-24(23)35-3)14-25-27(33)31(28(34)37-25)15-19-5-8-21(29)9-6-19/h4-14H,15-16H2,1-3H3,(H,30,32)/b25-14+. The van der Waals surface area contributed by atoms with E-state index in [0.717, 1.165) is 27.8 Å². The molecule has 9 heteroatoms. The zero-order chi connectivity index (χ0) is 26.5. The number of rotatable bonds is 8. The van der Waals surface area contributed by atoms with Crippen LogP contribution in [0.15, 0.2) is 65.6 Å². The van der Waals surface area contributed by atoms with Gasteiger partial charge in [-0.05, 0) is 90.3 Å². The third-order valence-corrected chi connectivity index (χ3v) is 6.67. The van der Waals surface area contributed by atoms with Gasteiger partial charge in [0.25, 0.3) is 17.1 Å². The molecule has 1 fully saturated rings. The lowest BCUT2D eigenvalue weighted by Crippen LogP contribution is -2.27. The van der Waals surface area contributed by atoms with Crippen molar-refractivity contribution in [1.82, 2.24) is 4.90 Å². The molecular weight excluding hydrogens is 495 g/mol. The van der Waals surface area contributed by atoms with E-state index in [1.807, 2.05) is 32.0 Å². The lowest BCUT2D eigenvalue weighted by atomic mass is 10.1. The first kappa shape index (κ1) is 26.0. The Morgan fingerprint density at radius 2 is 1.76 bits per heavy atom. The molecule has 190 valence electrons. The van der Waals surface area contributed by atoms with E-state index in [1.54, 1.807) is 24.3 Å². The Kier molecular flexibility index (Phi) is 7.93. The Labute approximate surface area is 218 Å². The summed E-state index contributed by atoms with van der Waals surface area (Å²) in [5.41, 5.74) is 4.17. The fourth-order valence-corrected chi connectivity index (χ4v) is 4.45. The number of carbonyl (C=O) groups is 3. The third kappa shape index (κ3) is 6.37. The Morgan fingerprint density at radius 1 is 1.00 bits per heavy atom. The van der Waals surface area contributed by atoms with Crippen LogP contribution in [0.1, 0.15) is 22.3 Å². The molecule has 0 aliphatic carbocycles. The van der Waals surface area contributed by atoms with E-state index in [0.29, 0.717) is 28.3 Å². The molecule has 0 atom stereocenters. The molecule has 4 rings (SSSR count). The second-order valence-corrected chi connectivity index (χ2v) is 9.43.